The molecule has 2 N–H and O–H groups in total. The largest absolute Gasteiger partial charge is 0.491 e. The van der Waals surface area contributed by atoms with Crippen LogP contribution in [0.1, 0.15) is 48.2 Å². The molecule has 1 aliphatic heterocycles. The van der Waals surface area contributed by atoms with Crippen LogP contribution in [0.4, 0.5) is 0 Å². The molecule has 5 nitrogen and oxygen atoms in total. The van der Waals surface area contributed by atoms with E-state index in [9.17, 15) is 5.11 Å². The van der Waals surface area contributed by atoms with Gasteiger partial charge in [-0.15, -0.1) is 11.3 Å². The number of benzene rings is 1. The van der Waals surface area contributed by atoms with Gasteiger partial charge < -0.3 is 20.1 Å². The monoisotopic (exact) mass is 417 g/mol. The molecule has 0 saturated carbocycles. The number of nitrogens with one attached hydrogen (secondary N) is 1. The summed E-state index contributed by atoms with van der Waals surface area (Å²) in [4.78, 5) is 8.06. The average molecular weight is 418 g/mol. The first kappa shape index (κ1) is 22.2. The SMILES string of the molecule is Cc1ncsc1CCCNCc1cccc(OC[C@H](O)CN2CCCCCC2)c1. The zero-order valence-electron chi connectivity index (χ0n) is 17.6. The lowest BCUT2D eigenvalue weighted by molar-refractivity contribution is 0.0693. The highest BCUT2D eigenvalue weighted by Crippen LogP contribution is 2.16. The number of rotatable bonds is 11. The molecule has 1 atom stereocenters. The Morgan fingerprint density at radius 1 is 1.24 bits per heavy atom. The summed E-state index contributed by atoms with van der Waals surface area (Å²) in [6.45, 7) is 7.14. The molecule has 0 bridgehead atoms. The van der Waals surface area contributed by atoms with Crippen molar-refractivity contribution in [3.05, 3.63) is 45.9 Å². The summed E-state index contributed by atoms with van der Waals surface area (Å²) in [5, 5.41) is 13.8. The first-order valence-corrected chi connectivity index (χ1v) is 11.8. The van der Waals surface area contributed by atoms with E-state index >= 15 is 0 Å². The molecule has 1 fully saturated rings. The van der Waals surface area contributed by atoms with Gasteiger partial charge in [0.15, 0.2) is 0 Å². The number of hydrogen-bond acceptors (Lipinski definition) is 6. The van der Waals surface area contributed by atoms with Crippen LogP contribution in [-0.4, -0.2) is 53.9 Å². The van der Waals surface area contributed by atoms with Crippen molar-refractivity contribution in [1.82, 2.24) is 15.2 Å². The molecular weight excluding hydrogens is 382 g/mol. The zero-order chi connectivity index (χ0) is 20.3. The van der Waals surface area contributed by atoms with Gasteiger partial charge in [0.1, 0.15) is 18.5 Å². The van der Waals surface area contributed by atoms with Crippen molar-refractivity contribution in [2.24, 2.45) is 0 Å². The van der Waals surface area contributed by atoms with Gasteiger partial charge in [-0.25, -0.2) is 4.98 Å². The van der Waals surface area contributed by atoms with Gasteiger partial charge in [-0.1, -0.05) is 25.0 Å². The topological polar surface area (TPSA) is 57.6 Å². The van der Waals surface area contributed by atoms with E-state index < -0.39 is 6.10 Å². The van der Waals surface area contributed by atoms with Crippen LogP contribution >= 0.6 is 11.3 Å². The minimum Gasteiger partial charge on any atom is -0.491 e. The van der Waals surface area contributed by atoms with Crippen molar-refractivity contribution in [2.75, 3.05) is 32.8 Å². The lowest BCUT2D eigenvalue weighted by Gasteiger charge is -2.23. The van der Waals surface area contributed by atoms with Crippen LogP contribution in [0, 0.1) is 6.92 Å². The average Bonchev–Trinajstić information content (AvgIpc) is 2.96. The van der Waals surface area contributed by atoms with E-state index in [0.717, 1.165) is 50.5 Å². The number of ether oxygens (including phenoxy) is 1. The fourth-order valence-corrected chi connectivity index (χ4v) is 4.60. The third-order valence-electron chi connectivity index (χ3n) is 5.44. The van der Waals surface area contributed by atoms with Crippen molar-refractivity contribution in [3.63, 3.8) is 0 Å². The standard InChI is InChI=1S/C23H35N3O2S/c1-19-23(29-18-25-19)10-7-11-24-15-20-8-6-9-22(14-20)28-17-21(27)16-26-12-4-2-3-5-13-26/h6,8-9,14,18,21,24,27H,2-5,7,10-13,15-17H2,1H3/t21-/m1/s1. The van der Waals surface area contributed by atoms with E-state index in [1.54, 1.807) is 11.3 Å². The van der Waals surface area contributed by atoms with Crippen molar-refractivity contribution in [2.45, 2.75) is 58.1 Å². The number of likely N-dealkylation sites (tertiary alicyclic amines) is 1. The van der Waals surface area contributed by atoms with Crippen LogP contribution in [0.25, 0.3) is 0 Å². The number of aryl methyl sites for hydroxylation is 2. The molecule has 1 aliphatic rings. The molecule has 2 aromatic rings. The summed E-state index contributed by atoms with van der Waals surface area (Å²) in [6.07, 6.45) is 6.87. The molecule has 6 heteroatoms. The van der Waals surface area contributed by atoms with E-state index in [4.69, 9.17) is 4.74 Å². The Labute approximate surface area is 179 Å². The molecular formula is C23H35N3O2S. The minimum absolute atomic E-state index is 0.349. The first-order valence-electron chi connectivity index (χ1n) is 10.9. The Morgan fingerprint density at radius 3 is 2.83 bits per heavy atom. The number of aromatic nitrogens is 1. The summed E-state index contributed by atoms with van der Waals surface area (Å²) in [7, 11) is 0. The highest BCUT2D eigenvalue weighted by molar-refractivity contribution is 7.09. The van der Waals surface area contributed by atoms with Crippen molar-refractivity contribution < 1.29 is 9.84 Å². The molecule has 0 radical (unpaired) electrons. The molecule has 0 amide bonds. The van der Waals surface area contributed by atoms with Crippen molar-refractivity contribution in [1.29, 1.82) is 0 Å². The van der Waals surface area contributed by atoms with Gasteiger partial charge in [0.25, 0.3) is 0 Å². The fraction of sp³-hybridized carbons (Fsp3) is 0.609. The van der Waals surface area contributed by atoms with Crippen LogP contribution in [0.15, 0.2) is 29.8 Å². The van der Waals surface area contributed by atoms with Gasteiger partial charge in [0, 0.05) is 18.0 Å². The van der Waals surface area contributed by atoms with E-state index in [1.807, 2.05) is 17.6 Å². The van der Waals surface area contributed by atoms with Gasteiger partial charge in [0.05, 0.1) is 11.2 Å². The van der Waals surface area contributed by atoms with Crippen LogP contribution in [0.2, 0.25) is 0 Å². The van der Waals surface area contributed by atoms with Crippen LogP contribution in [-0.2, 0) is 13.0 Å². The van der Waals surface area contributed by atoms with Crippen molar-refractivity contribution >= 4 is 11.3 Å². The van der Waals surface area contributed by atoms with E-state index in [0.29, 0.717) is 13.2 Å². The molecule has 2 heterocycles. The Morgan fingerprint density at radius 2 is 2.07 bits per heavy atom. The Balaban J connectivity index is 1.33. The molecule has 3 rings (SSSR count). The second-order valence-electron chi connectivity index (χ2n) is 7.97. The molecule has 1 aromatic carbocycles. The smallest absolute Gasteiger partial charge is 0.119 e. The third-order valence-corrected chi connectivity index (χ3v) is 6.43. The lowest BCUT2D eigenvalue weighted by atomic mass is 10.2. The highest BCUT2D eigenvalue weighted by Gasteiger charge is 2.14. The predicted molar refractivity (Wildman–Crippen MR) is 120 cm³/mol. The zero-order valence-corrected chi connectivity index (χ0v) is 18.4. The van der Waals surface area contributed by atoms with Crippen LogP contribution < -0.4 is 10.1 Å². The van der Waals surface area contributed by atoms with E-state index in [-0.39, 0.29) is 0 Å². The van der Waals surface area contributed by atoms with Gasteiger partial charge in [-0.05, 0) is 69.9 Å². The maximum absolute atomic E-state index is 10.3. The Hall–Kier alpha value is -1.47. The number of β-amino-alcohol motifs (C(OH)–C–C–N with tert-alkyl or cyclic N) is 1. The Kier molecular flexibility index (Phi) is 9.41. The minimum atomic E-state index is -0.440. The molecule has 1 saturated heterocycles. The van der Waals surface area contributed by atoms with Gasteiger partial charge in [-0.2, -0.15) is 0 Å². The number of aliphatic hydroxyl groups excluding tert-OH is 1. The highest BCUT2D eigenvalue weighted by atomic mass is 32.1. The maximum atomic E-state index is 10.3. The predicted octanol–water partition coefficient (Wildman–Crippen LogP) is 3.79. The summed E-state index contributed by atoms with van der Waals surface area (Å²) in [5.74, 6) is 0.833. The summed E-state index contributed by atoms with van der Waals surface area (Å²) >= 11 is 1.75. The second kappa shape index (κ2) is 12.3. The lowest BCUT2D eigenvalue weighted by Crippen LogP contribution is -2.36. The number of aliphatic hydroxyl groups is 1. The summed E-state index contributed by atoms with van der Waals surface area (Å²) in [5.41, 5.74) is 4.30. The Bertz CT molecular complexity index is 714. The number of nitrogens with zero attached hydrogens (tertiary/aromatic N) is 2. The first-order chi connectivity index (χ1) is 14.2. The summed E-state index contributed by atoms with van der Waals surface area (Å²) < 4.78 is 5.86. The molecule has 1 aromatic heterocycles. The van der Waals surface area contributed by atoms with Crippen LogP contribution in [0.5, 0.6) is 5.75 Å². The van der Waals surface area contributed by atoms with Crippen molar-refractivity contribution in [3.8, 4) is 5.75 Å². The summed E-state index contributed by atoms with van der Waals surface area (Å²) in [6, 6.07) is 8.17. The van der Waals surface area contributed by atoms with E-state index in [2.05, 4.69) is 34.3 Å². The number of hydrogen-bond donors (Lipinski definition) is 2. The normalized spacial score (nSPS) is 16.5. The second-order valence-corrected chi connectivity index (χ2v) is 8.91. The molecule has 160 valence electrons. The van der Waals surface area contributed by atoms with Gasteiger partial charge in [0.2, 0.25) is 0 Å². The maximum Gasteiger partial charge on any atom is 0.119 e. The molecule has 0 unspecified atom stereocenters. The van der Waals surface area contributed by atoms with Gasteiger partial charge in [-0.3, -0.25) is 0 Å². The van der Waals surface area contributed by atoms with E-state index in [1.165, 1.54) is 36.1 Å². The van der Waals surface area contributed by atoms with Crippen LogP contribution in [0.3, 0.4) is 0 Å². The van der Waals surface area contributed by atoms with Gasteiger partial charge >= 0.3 is 0 Å². The fourth-order valence-electron chi connectivity index (χ4n) is 3.78. The quantitative estimate of drug-likeness (QED) is 0.545. The molecule has 0 spiro atoms. The molecule has 0 aliphatic carbocycles. The number of thiazole rings is 1. The third kappa shape index (κ3) is 8.05. The molecule has 29 heavy (non-hydrogen) atoms.